The van der Waals surface area contributed by atoms with Crippen LogP contribution in [0.4, 0.5) is 5.69 Å². The number of methoxy groups -OCH3 is 1. The largest absolute Gasteiger partial charge is 0.466 e. The van der Waals surface area contributed by atoms with Crippen LogP contribution in [0.3, 0.4) is 0 Å². The maximum absolute atomic E-state index is 11.5. The average Bonchev–Trinajstić information content (AvgIpc) is 2.46. The van der Waals surface area contributed by atoms with Crippen LogP contribution in [-0.4, -0.2) is 42.0 Å². The summed E-state index contributed by atoms with van der Waals surface area (Å²) in [5.74, 6) is -1.23. The van der Waals surface area contributed by atoms with Crippen molar-refractivity contribution in [2.24, 2.45) is 0 Å². The van der Waals surface area contributed by atoms with Crippen LogP contribution >= 0.6 is 0 Å². The summed E-state index contributed by atoms with van der Waals surface area (Å²) >= 11 is 0. The van der Waals surface area contributed by atoms with Gasteiger partial charge in [-0.05, 0) is 25.1 Å². The van der Waals surface area contributed by atoms with E-state index in [1.54, 1.807) is 6.92 Å². The van der Waals surface area contributed by atoms with E-state index in [1.807, 2.05) is 0 Å². The Morgan fingerprint density at radius 3 is 2.57 bits per heavy atom. The van der Waals surface area contributed by atoms with E-state index in [4.69, 9.17) is 10.5 Å². The van der Waals surface area contributed by atoms with E-state index < -0.39 is 24.1 Å². The molecule has 0 heterocycles. The molecule has 1 rings (SSSR count). The third-order valence-corrected chi connectivity index (χ3v) is 2.87. The van der Waals surface area contributed by atoms with Crippen molar-refractivity contribution in [3.8, 4) is 0 Å². The Balaban J connectivity index is 2.92. The Morgan fingerprint density at radius 2 is 2.00 bits per heavy atom. The zero-order valence-corrected chi connectivity index (χ0v) is 11.9. The summed E-state index contributed by atoms with van der Waals surface area (Å²) in [6.45, 7) is 1.82. The highest BCUT2D eigenvalue weighted by Crippen LogP contribution is 2.26. The first-order valence-corrected chi connectivity index (χ1v) is 6.40. The fourth-order valence-corrected chi connectivity index (χ4v) is 1.79. The fourth-order valence-electron chi connectivity index (χ4n) is 1.79. The molecule has 0 fully saturated rings. The molecular formula is C14H19NO6. The van der Waals surface area contributed by atoms with E-state index in [0.29, 0.717) is 0 Å². The van der Waals surface area contributed by atoms with Gasteiger partial charge in [-0.2, -0.15) is 0 Å². The number of aliphatic hydroxyl groups is 2. The van der Waals surface area contributed by atoms with E-state index >= 15 is 0 Å². The van der Waals surface area contributed by atoms with Crippen LogP contribution in [0.25, 0.3) is 0 Å². The molecule has 0 aromatic heterocycles. The average molecular weight is 297 g/mol. The lowest BCUT2D eigenvalue weighted by Crippen LogP contribution is -2.24. The predicted molar refractivity (Wildman–Crippen MR) is 74.4 cm³/mol. The van der Waals surface area contributed by atoms with Crippen LogP contribution < -0.4 is 5.73 Å². The minimum Gasteiger partial charge on any atom is -0.466 e. The van der Waals surface area contributed by atoms with Crippen LogP contribution in [0.2, 0.25) is 0 Å². The summed E-state index contributed by atoms with van der Waals surface area (Å²) in [4.78, 5) is 22.7. The Morgan fingerprint density at radius 1 is 1.33 bits per heavy atom. The summed E-state index contributed by atoms with van der Waals surface area (Å²) in [6, 6.07) is 4.18. The molecule has 0 saturated heterocycles. The van der Waals surface area contributed by atoms with Gasteiger partial charge in [-0.25, -0.2) is 4.79 Å². The molecule has 0 amide bonds. The number of ether oxygens (including phenoxy) is 2. The molecule has 0 bridgehead atoms. The van der Waals surface area contributed by atoms with Gasteiger partial charge in [-0.3, -0.25) is 4.79 Å². The SMILES string of the molecule is CCOC(=O)CC(O)C(O)c1cc(C(=O)OC)ccc1N. The second-order valence-corrected chi connectivity index (χ2v) is 4.36. The lowest BCUT2D eigenvalue weighted by molar-refractivity contribution is -0.147. The number of esters is 2. The molecule has 1 aromatic carbocycles. The van der Waals surface area contributed by atoms with Crippen LogP contribution in [0.15, 0.2) is 18.2 Å². The van der Waals surface area contributed by atoms with Crippen LogP contribution in [0.5, 0.6) is 0 Å². The van der Waals surface area contributed by atoms with Crippen molar-refractivity contribution < 1.29 is 29.3 Å². The van der Waals surface area contributed by atoms with Gasteiger partial charge in [-0.15, -0.1) is 0 Å². The van der Waals surface area contributed by atoms with Gasteiger partial charge >= 0.3 is 11.9 Å². The van der Waals surface area contributed by atoms with E-state index in [2.05, 4.69) is 4.74 Å². The first-order valence-electron chi connectivity index (χ1n) is 6.40. The highest BCUT2D eigenvalue weighted by atomic mass is 16.5. The first-order chi connectivity index (χ1) is 9.90. The third kappa shape index (κ3) is 4.44. The number of hydrogen-bond acceptors (Lipinski definition) is 7. The number of nitrogens with two attached hydrogens (primary N) is 1. The summed E-state index contributed by atoms with van der Waals surface area (Å²) in [6.07, 6.45) is -3.19. The fraction of sp³-hybridized carbons (Fsp3) is 0.429. The molecule has 0 aliphatic heterocycles. The van der Waals surface area contributed by atoms with Gasteiger partial charge in [0, 0.05) is 11.3 Å². The topological polar surface area (TPSA) is 119 Å². The Labute approximate surface area is 122 Å². The lowest BCUT2D eigenvalue weighted by atomic mass is 9.98. The van der Waals surface area contributed by atoms with Crippen molar-refractivity contribution in [3.63, 3.8) is 0 Å². The molecule has 0 aliphatic rings. The molecule has 2 unspecified atom stereocenters. The molecule has 7 heteroatoms. The van der Waals surface area contributed by atoms with Crippen molar-refractivity contribution in [3.05, 3.63) is 29.3 Å². The Bertz CT molecular complexity index is 516. The van der Waals surface area contributed by atoms with Crippen molar-refractivity contribution in [1.29, 1.82) is 0 Å². The lowest BCUT2D eigenvalue weighted by Gasteiger charge is -2.19. The van der Waals surface area contributed by atoms with Crippen molar-refractivity contribution in [1.82, 2.24) is 0 Å². The van der Waals surface area contributed by atoms with Crippen LogP contribution in [0.1, 0.15) is 35.4 Å². The number of anilines is 1. The molecular weight excluding hydrogens is 278 g/mol. The quantitative estimate of drug-likeness (QED) is 0.513. The van der Waals surface area contributed by atoms with Crippen LogP contribution in [-0.2, 0) is 14.3 Å². The van der Waals surface area contributed by atoms with Crippen molar-refractivity contribution in [2.45, 2.75) is 25.6 Å². The minimum absolute atomic E-state index is 0.148. The molecule has 1 aromatic rings. The predicted octanol–water partition coefficient (Wildman–Crippen LogP) is 0.403. The van der Waals surface area contributed by atoms with Gasteiger partial charge in [0.15, 0.2) is 0 Å². The highest BCUT2D eigenvalue weighted by molar-refractivity contribution is 5.90. The van der Waals surface area contributed by atoms with Crippen molar-refractivity contribution >= 4 is 17.6 Å². The van der Waals surface area contributed by atoms with Gasteiger partial charge < -0.3 is 25.4 Å². The van der Waals surface area contributed by atoms with Crippen LogP contribution in [0, 0.1) is 0 Å². The van der Waals surface area contributed by atoms with Gasteiger partial charge in [0.25, 0.3) is 0 Å². The number of carbonyl (C=O) groups excluding carboxylic acids is 2. The summed E-state index contributed by atoms with van der Waals surface area (Å²) in [5, 5.41) is 19.9. The van der Waals surface area contributed by atoms with E-state index in [9.17, 15) is 19.8 Å². The summed E-state index contributed by atoms with van der Waals surface area (Å²) in [7, 11) is 1.23. The number of hydrogen-bond donors (Lipinski definition) is 3. The first kappa shape index (κ1) is 16.9. The second kappa shape index (κ2) is 7.61. The molecule has 0 radical (unpaired) electrons. The maximum Gasteiger partial charge on any atom is 0.337 e. The second-order valence-electron chi connectivity index (χ2n) is 4.36. The van der Waals surface area contributed by atoms with Crippen molar-refractivity contribution in [2.75, 3.05) is 19.5 Å². The van der Waals surface area contributed by atoms with E-state index in [0.717, 1.165) is 0 Å². The minimum atomic E-state index is -1.42. The van der Waals surface area contributed by atoms with Gasteiger partial charge in [0.05, 0.1) is 31.8 Å². The number of nitrogen functional groups attached to an aromatic ring is 1. The van der Waals surface area contributed by atoms with E-state index in [-0.39, 0.29) is 29.8 Å². The molecule has 7 nitrogen and oxygen atoms in total. The molecule has 21 heavy (non-hydrogen) atoms. The molecule has 116 valence electrons. The molecule has 0 aliphatic carbocycles. The standard InChI is InChI=1S/C14H19NO6/c1-3-21-12(17)7-11(16)13(18)9-6-8(14(19)20-2)4-5-10(9)15/h4-6,11,13,16,18H,3,7,15H2,1-2H3. The van der Waals surface area contributed by atoms with Gasteiger partial charge in [0.2, 0.25) is 0 Å². The molecule has 4 N–H and O–H groups in total. The summed E-state index contributed by atoms with van der Waals surface area (Å²) < 4.78 is 9.26. The summed E-state index contributed by atoms with van der Waals surface area (Å²) in [5.41, 5.74) is 6.24. The monoisotopic (exact) mass is 297 g/mol. The van der Waals surface area contributed by atoms with Gasteiger partial charge in [-0.1, -0.05) is 0 Å². The molecule has 0 saturated carbocycles. The molecule has 2 atom stereocenters. The highest BCUT2D eigenvalue weighted by Gasteiger charge is 2.24. The Hall–Kier alpha value is -2.12. The zero-order chi connectivity index (χ0) is 16.0. The van der Waals surface area contributed by atoms with Gasteiger partial charge in [0.1, 0.15) is 6.10 Å². The normalized spacial score (nSPS) is 13.3. The number of rotatable bonds is 6. The number of benzene rings is 1. The van der Waals surface area contributed by atoms with E-state index in [1.165, 1.54) is 25.3 Å². The third-order valence-electron chi connectivity index (χ3n) is 2.87. The number of aliphatic hydroxyl groups excluding tert-OH is 2. The zero-order valence-electron chi connectivity index (χ0n) is 11.9. The smallest absolute Gasteiger partial charge is 0.337 e. The number of carbonyl (C=O) groups is 2. The maximum atomic E-state index is 11.5. The molecule has 0 spiro atoms. The Kier molecular flexibility index (Phi) is 6.13.